The fourth-order valence-corrected chi connectivity index (χ4v) is 3.99. The van der Waals surface area contributed by atoms with E-state index in [-0.39, 0.29) is 23.7 Å². The molecule has 6 heteroatoms. The van der Waals surface area contributed by atoms with E-state index >= 15 is 0 Å². The van der Waals surface area contributed by atoms with Crippen molar-refractivity contribution in [3.05, 3.63) is 83.5 Å². The zero-order chi connectivity index (χ0) is 18.7. The lowest BCUT2D eigenvalue weighted by atomic mass is 10.1. The van der Waals surface area contributed by atoms with Crippen molar-refractivity contribution in [3.63, 3.8) is 0 Å². The van der Waals surface area contributed by atoms with E-state index in [1.165, 1.54) is 6.20 Å². The zero-order valence-corrected chi connectivity index (χ0v) is 15.2. The van der Waals surface area contributed by atoms with Crippen LogP contribution < -0.4 is 8.92 Å². The largest absolute Gasteiger partial charge is 0.493 e. The Kier molecular flexibility index (Phi) is 4.64. The van der Waals surface area contributed by atoms with Crippen molar-refractivity contribution in [1.29, 1.82) is 0 Å². The summed E-state index contributed by atoms with van der Waals surface area (Å²) in [7, 11) is -3.99. The van der Waals surface area contributed by atoms with Gasteiger partial charge in [-0.3, -0.25) is 4.98 Å². The summed E-state index contributed by atoms with van der Waals surface area (Å²) in [6.45, 7) is 0.268. The van der Waals surface area contributed by atoms with Crippen LogP contribution in [0.1, 0.15) is 12.0 Å². The van der Waals surface area contributed by atoms with E-state index in [2.05, 4.69) is 4.98 Å². The second-order valence-electron chi connectivity index (χ2n) is 6.02. The summed E-state index contributed by atoms with van der Waals surface area (Å²) >= 11 is 0. The van der Waals surface area contributed by atoms with Crippen molar-refractivity contribution in [2.45, 2.75) is 6.42 Å². The van der Waals surface area contributed by atoms with Gasteiger partial charge in [-0.2, -0.15) is 8.42 Å². The number of hydrogen-bond acceptors (Lipinski definition) is 5. The molecule has 2 aromatic carbocycles. The second kappa shape index (κ2) is 7.25. The fraction of sp³-hybridized carbons (Fsp3) is 0.0952. The second-order valence-corrected chi connectivity index (χ2v) is 7.62. The number of benzene rings is 2. The van der Waals surface area contributed by atoms with E-state index in [1.807, 2.05) is 54.6 Å². The van der Waals surface area contributed by atoms with Crippen LogP contribution in [0.3, 0.4) is 0 Å². The van der Waals surface area contributed by atoms with Crippen molar-refractivity contribution in [3.8, 4) is 22.6 Å². The van der Waals surface area contributed by atoms with Gasteiger partial charge in [0, 0.05) is 23.7 Å². The van der Waals surface area contributed by atoms with Crippen LogP contribution in [0.2, 0.25) is 0 Å². The maximum absolute atomic E-state index is 12.9. The first-order valence-electron chi connectivity index (χ1n) is 8.50. The van der Waals surface area contributed by atoms with Crippen LogP contribution in [0.15, 0.2) is 78.0 Å². The zero-order valence-electron chi connectivity index (χ0n) is 14.4. The third-order valence-corrected chi connectivity index (χ3v) is 5.59. The van der Waals surface area contributed by atoms with Gasteiger partial charge in [-0.15, -0.1) is 0 Å². The van der Waals surface area contributed by atoms with Gasteiger partial charge in [-0.25, -0.2) is 0 Å². The Labute approximate surface area is 158 Å². The van der Waals surface area contributed by atoms with Crippen LogP contribution >= 0.6 is 0 Å². The van der Waals surface area contributed by atoms with Crippen LogP contribution in [0.5, 0.6) is 11.5 Å². The Morgan fingerprint density at radius 2 is 1.74 bits per heavy atom. The lowest BCUT2D eigenvalue weighted by molar-refractivity contribution is 0.324. The summed E-state index contributed by atoms with van der Waals surface area (Å²) in [6, 6.07) is 18.5. The van der Waals surface area contributed by atoms with Gasteiger partial charge in [0.15, 0.2) is 5.75 Å². The molecule has 27 heavy (non-hydrogen) atoms. The number of ether oxygens (including phenoxy) is 1. The van der Waals surface area contributed by atoms with Gasteiger partial charge in [-0.1, -0.05) is 48.5 Å². The molecule has 0 fully saturated rings. The molecule has 0 saturated heterocycles. The van der Waals surface area contributed by atoms with Gasteiger partial charge in [0.2, 0.25) is 0 Å². The molecule has 0 amide bonds. The highest BCUT2D eigenvalue weighted by Crippen LogP contribution is 2.33. The maximum Gasteiger partial charge on any atom is 0.335 e. The minimum Gasteiger partial charge on any atom is -0.493 e. The molecule has 5 nitrogen and oxygen atoms in total. The summed E-state index contributed by atoms with van der Waals surface area (Å²) in [4.78, 5) is 4.20. The number of aromatic nitrogens is 1. The Bertz CT molecular complexity index is 1090. The molecular weight excluding hydrogens is 362 g/mol. The SMILES string of the molecule is O=S(=O)(Oc1cnccc1-c1ccccc1)C1=Cc2ccccc2OCC1. The van der Waals surface area contributed by atoms with E-state index in [1.54, 1.807) is 18.3 Å². The predicted molar refractivity (Wildman–Crippen MR) is 104 cm³/mol. The van der Waals surface area contributed by atoms with Crippen molar-refractivity contribution in [2.75, 3.05) is 6.61 Å². The number of para-hydroxylation sites is 1. The van der Waals surface area contributed by atoms with Crippen LogP contribution in [0, 0.1) is 0 Å². The average Bonchev–Trinajstić information content (AvgIpc) is 2.92. The van der Waals surface area contributed by atoms with Gasteiger partial charge in [0.05, 0.1) is 17.7 Å². The van der Waals surface area contributed by atoms with Gasteiger partial charge in [0.25, 0.3) is 0 Å². The summed E-state index contributed by atoms with van der Waals surface area (Å²) in [5, 5.41) is 0. The molecule has 0 N–H and O–H groups in total. The summed E-state index contributed by atoms with van der Waals surface area (Å²) < 4.78 is 37.0. The van der Waals surface area contributed by atoms with Crippen molar-refractivity contribution < 1.29 is 17.3 Å². The maximum atomic E-state index is 12.9. The lowest BCUT2D eigenvalue weighted by Crippen LogP contribution is -2.14. The summed E-state index contributed by atoms with van der Waals surface area (Å²) in [5.74, 6) is 0.858. The van der Waals surface area contributed by atoms with Gasteiger partial charge < -0.3 is 8.92 Å². The third-order valence-electron chi connectivity index (χ3n) is 4.23. The molecule has 0 spiro atoms. The smallest absolute Gasteiger partial charge is 0.335 e. The number of fused-ring (bicyclic) bond motifs is 1. The predicted octanol–water partition coefficient (Wildman–Crippen LogP) is 4.28. The molecule has 0 radical (unpaired) electrons. The summed E-state index contributed by atoms with van der Waals surface area (Å²) in [6.07, 6.45) is 4.87. The molecule has 0 unspecified atom stereocenters. The average molecular weight is 379 g/mol. The molecule has 0 bridgehead atoms. The number of nitrogens with zero attached hydrogens (tertiary/aromatic N) is 1. The topological polar surface area (TPSA) is 65.5 Å². The number of hydrogen-bond donors (Lipinski definition) is 0. The third kappa shape index (κ3) is 3.71. The standard InChI is InChI=1S/C21H17NO4S/c23-27(24,18-11-13-25-20-9-5-4-8-17(20)14-18)26-21-15-22-12-10-19(21)16-6-2-1-3-7-16/h1-10,12,14-15H,11,13H2. The lowest BCUT2D eigenvalue weighted by Gasteiger charge is -2.12. The summed E-state index contributed by atoms with van der Waals surface area (Å²) in [5.41, 5.74) is 2.24. The molecule has 1 aromatic heterocycles. The molecule has 1 aliphatic heterocycles. The molecular formula is C21H17NO4S. The quantitative estimate of drug-likeness (QED) is 0.633. The van der Waals surface area contributed by atoms with Gasteiger partial charge in [0.1, 0.15) is 5.75 Å². The molecule has 1 aliphatic rings. The monoisotopic (exact) mass is 379 g/mol. The highest BCUT2D eigenvalue weighted by Gasteiger charge is 2.24. The van der Waals surface area contributed by atoms with E-state index in [0.29, 0.717) is 16.9 Å². The van der Waals surface area contributed by atoms with Crippen molar-refractivity contribution in [1.82, 2.24) is 4.98 Å². The first-order chi connectivity index (χ1) is 13.1. The van der Waals surface area contributed by atoms with Crippen LogP contribution in [0.4, 0.5) is 0 Å². The molecule has 136 valence electrons. The molecule has 0 saturated carbocycles. The normalized spacial score (nSPS) is 13.7. The van der Waals surface area contributed by atoms with Crippen LogP contribution in [-0.2, 0) is 10.1 Å². The van der Waals surface area contributed by atoms with Gasteiger partial charge in [-0.05, 0) is 23.8 Å². The Morgan fingerprint density at radius 3 is 2.59 bits per heavy atom. The molecule has 0 aliphatic carbocycles. The Morgan fingerprint density at radius 1 is 0.963 bits per heavy atom. The highest BCUT2D eigenvalue weighted by atomic mass is 32.2. The van der Waals surface area contributed by atoms with Crippen molar-refractivity contribution in [2.24, 2.45) is 0 Å². The molecule has 4 rings (SSSR count). The first kappa shape index (κ1) is 17.3. The van der Waals surface area contributed by atoms with E-state index in [4.69, 9.17) is 8.92 Å². The minimum absolute atomic E-state index is 0.176. The van der Waals surface area contributed by atoms with E-state index in [0.717, 1.165) is 5.56 Å². The van der Waals surface area contributed by atoms with E-state index < -0.39 is 10.1 Å². The minimum atomic E-state index is -3.99. The van der Waals surface area contributed by atoms with Gasteiger partial charge >= 0.3 is 10.1 Å². The molecule has 2 heterocycles. The highest BCUT2D eigenvalue weighted by molar-refractivity contribution is 7.91. The van der Waals surface area contributed by atoms with Crippen molar-refractivity contribution >= 4 is 16.2 Å². The first-order valence-corrected chi connectivity index (χ1v) is 9.91. The Hall–Kier alpha value is -3.12. The fourth-order valence-electron chi connectivity index (χ4n) is 2.91. The number of pyridine rings is 1. The molecule has 0 atom stereocenters. The number of rotatable bonds is 4. The molecule has 3 aromatic rings. The Balaban J connectivity index is 1.70. The van der Waals surface area contributed by atoms with Crippen LogP contribution in [0.25, 0.3) is 17.2 Å². The van der Waals surface area contributed by atoms with Crippen LogP contribution in [-0.4, -0.2) is 20.0 Å². The van der Waals surface area contributed by atoms with E-state index in [9.17, 15) is 8.42 Å².